The van der Waals surface area contributed by atoms with Crippen molar-refractivity contribution in [2.45, 2.75) is 38.1 Å². The molecule has 2 N–H and O–H groups in total. The molecule has 1 amide bonds. The fourth-order valence-electron chi connectivity index (χ4n) is 2.54. The van der Waals surface area contributed by atoms with Gasteiger partial charge in [0.1, 0.15) is 5.75 Å². The molecule has 0 aromatic heterocycles. The van der Waals surface area contributed by atoms with Gasteiger partial charge in [0.25, 0.3) is 0 Å². The molecule has 0 spiro atoms. The van der Waals surface area contributed by atoms with Crippen LogP contribution in [0.25, 0.3) is 0 Å². The Morgan fingerprint density at radius 1 is 1.30 bits per heavy atom. The molecule has 1 unspecified atom stereocenters. The molecular formula is C16H22N2O2. The number of rotatable bonds is 6. The van der Waals surface area contributed by atoms with E-state index < -0.39 is 0 Å². The molecule has 2 fully saturated rings. The van der Waals surface area contributed by atoms with Crippen molar-refractivity contribution in [1.29, 1.82) is 0 Å². The van der Waals surface area contributed by atoms with Crippen LogP contribution in [0.5, 0.6) is 5.75 Å². The van der Waals surface area contributed by atoms with Gasteiger partial charge in [0.05, 0.1) is 12.3 Å². The number of anilines is 1. The summed E-state index contributed by atoms with van der Waals surface area (Å²) >= 11 is 0. The lowest BCUT2D eigenvalue weighted by atomic mass is 10.1. The number of ether oxygens (including phenoxy) is 1. The number of carbonyl (C=O) groups is 1. The lowest BCUT2D eigenvalue weighted by Crippen LogP contribution is -2.27. The first-order chi connectivity index (χ1) is 9.81. The number of amides is 1. The van der Waals surface area contributed by atoms with Crippen LogP contribution < -0.4 is 15.4 Å². The van der Waals surface area contributed by atoms with E-state index >= 15 is 0 Å². The number of nitrogens with one attached hydrogen (secondary N) is 2. The lowest BCUT2D eigenvalue weighted by molar-refractivity contribution is -0.116. The molecule has 1 atom stereocenters. The molecule has 1 aromatic rings. The summed E-state index contributed by atoms with van der Waals surface area (Å²) in [6.45, 7) is 1.79. The third-order valence-electron chi connectivity index (χ3n) is 3.93. The molecule has 1 saturated heterocycles. The van der Waals surface area contributed by atoms with E-state index in [1.54, 1.807) is 0 Å². The van der Waals surface area contributed by atoms with E-state index in [0.717, 1.165) is 31.0 Å². The van der Waals surface area contributed by atoms with Gasteiger partial charge < -0.3 is 15.4 Å². The maximum absolute atomic E-state index is 12.1. The van der Waals surface area contributed by atoms with Crippen LogP contribution in [0.4, 0.5) is 5.69 Å². The molecule has 108 valence electrons. The molecule has 1 aliphatic carbocycles. The number of para-hydroxylation sites is 2. The molecule has 4 heteroatoms. The second-order valence-corrected chi connectivity index (χ2v) is 5.80. The summed E-state index contributed by atoms with van der Waals surface area (Å²) in [5, 5.41) is 6.32. The van der Waals surface area contributed by atoms with Crippen molar-refractivity contribution in [3.8, 4) is 5.75 Å². The molecule has 20 heavy (non-hydrogen) atoms. The van der Waals surface area contributed by atoms with Gasteiger partial charge in [-0.1, -0.05) is 12.1 Å². The van der Waals surface area contributed by atoms with Gasteiger partial charge in [-0.25, -0.2) is 0 Å². The minimum Gasteiger partial charge on any atom is -0.491 e. The fraction of sp³-hybridized carbons (Fsp3) is 0.562. The summed E-state index contributed by atoms with van der Waals surface area (Å²) in [6, 6.07) is 8.02. The maximum atomic E-state index is 12.1. The van der Waals surface area contributed by atoms with Crippen molar-refractivity contribution >= 4 is 11.6 Å². The minimum absolute atomic E-state index is 0.0619. The fourth-order valence-corrected chi connectivity index (χ4v) is 2.54. The van der Waals surface area contributed by atoms with Crippen LogP contribution in [-0.4, -0.2) is 25.1 Å². The highest BCUT2D eigenvalue weighted by Gasteiger charge is 2.23. The predicted molar refractivity (Wildman–Crippen MR) is 78.9 cm³/mol. The van der Waals surface area contributed by atoms with Crippen molar-refractivity contribution in [1.82, 2.24) is 5.32 Å². The van der Waals surface area contributed by atoms with Gasteiger partial charge in [-0.15, -0.1) is 0 Å². The topological polar surface area (TPSA) is 50.4 Å². The Bertz CT molecular complexity index is 465. The van der Waals surface area contributed by atoms with Crippen LogP contribution >= 0.6 is 0 Å². The van der Waals surface area contributed by atoms with E-state index in [4.69, 9.17) is 4.74 Å². The van der Waals surface area contributed by atoms with E-state index in [2.05, 4.69) is 10.6 Å². The third-order valence-corrected chi connectivity index (χ3v) is 3.93. The van der Waals surface area contributed by atoms with Crippen molar-refractivity contribution in [2.24, 2.45) is 5.92 Å². The molecular weight excluding hydrogens is 252 g/mol. The summed E-state index contributed by atoms with van der Waals surface area (Å²) in [5.41, 5.74) is 0.788. The maximum Gasteiger partial charge on any atom is 0.226 e. The van der Waals surface area contributed by atoms with Crippen LogP contribution in [-0.2, 0) is 4.79 Å². The first-order valence-electron chi connectivity index (χ1n) is 7.56. The summed E-state index contributed by atoms with van der Waals surface area (Å²) in [6.07, 6.45) is 5.33. The molecule has 0 radical (unpaired) electrons. The van der Waals surface area contributed by atoms with Gasteiger partial charge in [-0.05, 0) is 50.3 Å². The molecule has 1 aliphatic heterocycles. The second kappa shape index (κ2) is 6.27. The monoisotopic (exact) mass is 274 g/mol. The van der Waals surface area contributed by atoms with Gasteiger partial charge >= 0.3 is 0 Å². The van der Waals surface area contributed by atoms with E-state index in [-0.39, 0.29) is 5.91 Å². The van der Waals surface area contributed by atoms with E-state index in [0.29, 0.717) is 18.4 Å². The van der Waals surface area contributed by atoms with Crippen LogP contribution in [0.2, 0.25) is 0 Å². The van der Waals surface area contributed by atoms with Gasteiger partial charge in [0.2, 0.25) is 5.91 Å². The minimum atomic E-state index is 0.0619. The summed E-state index contributed by atoms with van der Waals surface area (Å²) in [4.78, 5) is 12.1. The normalized spacial score (nSPS) is 21.7. The second-order valence-electron chi connectivity index (χ2n) is 5.80. The van der Waals surface area contributed by atoms with Gasteiger partial charge in [0, 0.05) is 12.5 Å². The summed E-state index contributed by atoms with van der Waals surface area (Å²) in [7, 11) is 0. The Kier molecular flexibility index (Phi) is 4.21. The van der Waals surface area contributed by atoms with E-state index in [9.17, 15) is 4.79 Å². The zero-order chi connectivity index (χ0) is 13.8. The zero-order valence-corrected chi connectivity index (χ0v) is 11.7. The quantitative estimate of drug-likeness (QED) is 0.838. The average molecular weight is 274 g/mol. The number of hydrogen-bond acceptors (Lipinski definition) is 3. The van der Waals surface area contributed by atoms with Gasteiger partial charge in [0.15, 0.2) is 0 Å². The van der Waals surface area contributed by atoms with Crippen molar-refractivity contribution in [3.05, 3.63) is 24.3 Å². The number of carbonyl (C=O) groups excluding carboxylic acids is 1. The SMILES string of the molecule is O=C(CC1CCCN1)Nc1ccccc1OCC1CC1. The zero-order valence-electron chi connectivity index (χ0n) is 11.7. The molecule has 3 rings (SSSR count). The van der Waals surface area contributed by atoms with Gasteiger partial charge in [-0.3, -0.25) is 4.79 Å². The molecule has 1 aromatic carbocycles. The summed E-state index contributed by atoms with van der Waals surface area (Å²) < 4.78 is 5.80. The van der Waals surface area contributed by atoms with Crippen LogP contribution in [0, 0.1) is 5.92 Å². The van der Waals surface area contributed by atoms with Crippen LogP contribution in [0.3, 0.4) is 0 Å². The first kappa shape index (κ1) is 13.4. The molecule has 4 nitrogen and oxygen atoms in total. The van der Waals surface area contributed by atoms with Crippen molar-refractivity contribution < 1.29 is 9.53 Å². The third kappa shape index (κ3) is 3.73. The molecule has 1 saturated carbocycles. The molecule has 0 bridgehead atoms. The first-order valence-corrected chi connectivity index (χ1v) is 7.56. The Hall–Kier alpha value is -1.55. The van der Waals surface area contributed by atoms with E-state index in [1.165, 1.54) is 19.3 Å². The highest BCUT2D eigenvalue weighted by molar-refractivity contribution is 5.92. The Labute approximate surface area is 119 Å². The Morgan fingerprint density at radius 3 is 2.90 bits per heavy atom. The van der Waals surface area contributed by atoms with Gasteiger partial charge in [-0.2, -0.15) is 0 Å². The predicted octanol–water partition coefficient (Wildman–Crippen LogP) is 2.56. The average Bonchev–Trinajstić information content (AvgIpc) is 3.14. The van der Waals surface area contributed by atoms with Crippen LogP contribution in [0.15, 0.2) is 24.3 Å². The van der Waals surface area contributed by atoms with Crippen LogP contribution in [0.1, 0.15) is 32.1 Å². The Morgan fingerprint density at radius 2 is 2.15 bits per heavy atom. The Balaban J connectivity index is 1.55. The standard InChI is InChI=1S/C16H22N2O2/c19-16(10-13-4-3-9-17-13)18-14-5-1-2-6-15(14)20-11-12-7-8-12/h1-2,5-6,12-13,17H,3-4,7-11H2,(H,18,19). The highest BCUT2D eigenvalue weighted by Crippen LogP contribution is 2.31. The molecule has 1 heterocycles. The highest BCUT2D eigenvalue weighted by atomic mass is 16.5. The largest absolute Gasteiger partial charge is 0.491 e. The van der Waals surface area contributed by atoms with Crippen molar-refractivity contribution in [2.75, 3.05) is 18.5 Å². The van der Waals surface area contributed by atoms with Crippen molar-refractivity contribution in [3.63, 3.8) is 0 Å². The number of benzene rings is 1. The smallest absolute Gasteiger partial charge is 0.226 e. The molecule has 2 aliphatic rings. The summed E-state index contributed by atoms with van der Waals surface area (Å²) in [5.74, 6) is 1.56. The van der Waals surface area contributed by atoms with E-state index in [1.807, 2.05) is 24.3 Å². The number of hydrogen-bond donors (Lipinski definition) is 2. The lowest BCUT2D eigenvalue weighted by Gasteiger charge is -2.14.